The number of hydrogen-bond donors (Lipinski definition) is 2. The Morgan fingerprint density at radius 2 is 2.15 bits per heavy atom. The van der Waals surface area contributed by atoms with E-state index < -0.39 is 0 Å². The maximum Gasteiger partial charge on any atom is 0.255 e. The molecule has 7 heteroatoms. The largest absolute Gasteiger partial charge is 0.496 e. The minimum Gasteiger partial charge on any atom is -0.496 e. The van der Waals surface area contributed by atoms with Crippen molar-refractivity contribution in [1.82, 2.24) is 15.3 Å². The number of hydrogen-bond acceptors (Lipinski definition) is 4. The molecule has 0 aliphatic carbocycles. The molecule has 2 N–H and O–H groups in total. The Labute approximate surface area is 161 Å². The molecule has 0 bridgehead atoms. The minimum atomic E-state index is -0.240. The number of halogens is 1. The number of imidazole rings is 1. The summed E-state index contributed by atoms with van der Waals surface area (Å²) in [5.41, 5.74) is 2.24. The Morgan fingerprint density at radius 1 is 1.35 bits per heavy atom. The molecular weight excluding hydrogens is 370 g/mol. The van der Waals surface area contributed by atoms with Crippen molar-refractivity contribution in [3.05, 3.63) is 58.9 Å². The quantitative estimate of drug-likeness (QED) is 0.626. The van der Waals surface area contributed by atoms with Gasteiger partial charge in [-0.05, 0) is 48.8 Å². The van der Waals surface area contributed by atoms with Crippen LogP contribution in [0.1, 0.15) is 28.6 Å². The zero-order valence-corrected chi connectivity index (χ0v) is 16.2. The van der Waals surface area contributed by atoms with E-state index in [0.29, 0.717) is 16.3 Å². The number of thioether (sulfide) groups is 1. The summed E-state index contributed by atoms with van der Waals surface area (Å²) in [6.07, 6.45) is 2.80. The number of nitrogens with zero attached hydrogens (tertiary/aromatic N) is 1. The first-order valence-corrected chi connectivity index (χ1v) is 9.97. The van der Waals surface area contributed by atoms with Gasteiger partial charge in [0.2, 0.25) is 0 Å². The molecule has 1 atom stereocenters. The van der Waals surface area contributed by atoms with Gasteiger partial charge in [0.25, 0.3) is 5.91 Å². The normalized spacial score (nSPS) is 12.1. The van der Waals surface area contributed by atoms with Gasteiger partial charge in [0, 0.05) is 5.02 Å². The van der Waals surface area contributed by atoms with Gasteiger partial charge in [0.15, 0.2) is 0 Å². The van der Waals surface area contributed by atoms with Crippen LogP contribution in [0.15, 0.2) is 42.5 Å². The van der Waals surface area contributed by atoms with Gasteiger partial charge in [-0.25, -0.2) is 4.98 Å². The highest BCUT2D eigenvalue weighted by molar-refractivity contribution is 7.98. The van der Waals surface area contributed by atoms with Crippen LogP contribution in [-0.4, -0.2) is 35.0 Å². The first-order chi connectivity index (χ1) is 12.6. The summed E-state index contributed by atoms with van der Waals surface area (Å²) in [7, 11) is 1.53. The number of benzene rings is 2. The Hall–Kier alpha value is -2.18. The van der Waals surface area contributed by atoms with E-state index in [1.807, 2.05) is 30.5 Å². The average molecular weight is 390 g/mol. The molecule has 5 nitrogen and oxygen atoms in total. The summed E-state index contributed by atoms with van der Waals surface area (Å²) in [5, 5.41) is 3.55. The highest BCUT2D eigenvalue weighted by Crippen LogP contribution is 2.25. The number of amides is 1. The monoisotopic (exact) mass is 389 g/mol. The van der Waals surface area contributed by atoms with Crippen LogP contribution in [0.25, 0.3) is 11.0 Å². The van der Waals surface area contributed by atoms with E-state index in [2.05, 4.69) is 15.3 Å². The number of ether oxygens (including phenoxy) is 1. The minimum absolute atomic E-state index is 0.231. The van der Waals surface area contributed by atoms with Gasteiger partial charge in [0.1, 0.15) is 11.6 Å². The van der Waals surface area contributed by atoms with Crippen molar-refractivity contribution in [2.75, 3.05) is 19.1 Å². The van der Waals surface area contributed by atoms with E-state index in [1.165, 1.54) is 7.11 Å². The third-order valence-corrected chi connectivity index (χ3v) is 4.94. The summed E-state index contributed by atoms with van der Waals surface area (Å²) in [6, 6.07) is 12.6. The number of carbonyl (C=O) groups is 1. The van der Waals surface area contributed by atoms with Gasteiger partial charge in [-0.2, -0.15) is 11.8 Å². The average Bonchev–Trinajstić information content (AvgIpc) is 3.09. The molecular formula is C19H20ClN3O2S. The standard InChI is InChI=1S/C19H20ClN3O2S/c1-25-17-8-7-12(20)11-13(17)19(24)23-16(9-10-26-2)18-21-14-5-3-4-6-15(14)22-18/h3-8,11,16H,9-10H2,1-2H3,(H,21,22)(H,23,24)/t16-/m0/s1. The molecule has 0 aliphatic rings. The lowest BCUT2D eigenvalue weighted by molar-refractivity contribution is 0.0931. The fourth-order valence-electron chi connectivity index (χ4n) is 2.74. The molecule has 0 saturated carbocycles. The zero-order valence-electron chi connectivity index (χ0n) is 14.6. The lowest BCUT2D eigenvalue weighted by Gasteiger charge is -2.17. The number of fused-ring (bicyclic) bond motifs is 1. The first-order valence-electron chi connectivity index (χ1n) is 8.20. The number of methoxy groups -OCH3 is 1. The third kappa shape index (κ3) is 4.14. The van der Waals surface area contributed by atoms with Crippen molar-refractivity contribution >= 4 is 40.3 Å². The van der Waals surface area contributed by atoms with Gasteiger partial charge in [-0.1, -0.05) is 23.7 Å². The lowest BCUT2D eigenvalue weighted by Crippen LogP contribution is -2.30. The van der Waals surface area contributed by atoms with E-state index in [9.17, 15) is 4.79 Å². The van der Waals surface area contributed by atoms with E-state index >= 15 is 0 Å². The van der Waals surface area contributed by atoms with Gasteiger partial charge < -0.3 is 15.0 Å². The number of carbonyl (C=O) groups excluding carboxylic acids is 1. The van der Waals surface area contributed by atoms with Crippen LogP contribution in [0.2, 0.25) is 5.02 Å². The highest BCUT2D eigenvalue weighted by Gasteiger charge is 2.21. The maximum absolute atomic E-state index is 12.8. The summed E-state index contributed by atoms with van der Waals surface area (Å²) in [4.78, 5) is 20.8. The van der Waals surface area contributed by atoms with Crippen LogP contribution in [0.3, 0.4) is 0 Å². The molecule has 0 unspecified atom stereocenters. The maximum atomic E-state index is 12.8. The van der Waals surface area contributed by atoms with Crippen LogP contribution in [0.5, 0.6) is 5.75 Å². The van der Waals surface area contributed by atoms with Crippen LogP contribution in [0.4, 0.5) is 0 Å². The van der Waals surface area contributed by atoms with Gasteiger partial charge in [0.05, 0.1) is 29.7 Å². The Kier molecular flexibility index (Phi) is 6.06. The summed E-state index contributed by atoms with van der Waals surface area (Å²) >= 11 is 7.78. The van der Waals surface area contributed by atoms with Crippen molar-refractivity contribution < 1.29 is 9.53 Å². The molecule has 3 aromatic rings. The molecule has 0 spiro atoms. The summed E-state index contributed by atoms with van der Waals surface area (Å²) in [6.45, 7) is 0. The van der Waals surface area contributed by atoms with Gasteiger partial charge in [-0.3, -0.25) is 4.79 Å². The molecule has 1 heterocycles. The molecule has 1 aromatic heterocycles. The van der Waals surface area contributed by atoms with E-state index in [4.69, 9.17) is 16.3 Å². The Bertz CT molecular complexity index is 880. The molecule has 2 aromatic carbocycles. The second-order valence-corrected chi connectivity index (χ2v) is 7.21. The zero-order chi connectivity index (χ0) is 18.5. The second-order valence-electron chi connectivity index (χ2n) is 5.79. The predicted molar refractivity (Wildman–Crippen MR) is 107 cm³/mol. The second kappa shape index (κ2) is 8.47. The number of aromatic amines is 1. The van der Waals surface area contributed by atoms with Crippen LogP contribution < -0.4 is 10.1 Å². The van der Waals surface area contributed by atoms with Crippen molar-refractivity contribution in [2.45, 2.75) is 12.5 Å². The summed E-state index contributed by atoms with van der Waals surface area (Å²) < 4.78 is 5.29. The third-order valence-electron chi connectivity index (χ3n) is 4.06. The topological polar surface area (TPSA) is 67.0 Å². The molecule has 26 heavy (non-hydrogen) atoms. The Morgan fingerprint density at radius 3 is 2.88 bits per heavy atom. The van der Waals surface area contributed by atoms with Gasteiger partial charge in [-0.15, -0.1) is 0 Å². The Balaban J connectivity index is 1.88. The molecule has 0 aliphatic heterocycles. The van der Waals surface area contributed by atoms with Crippen molar-refractivity contribution in [1.29, 1.82) is 0 Å². The SMILES string of the molecule is COc1ccc(Cl)cc1C(=O)N[C@@H](CCSC)c1nc2ccccc2[nH]1. The predicted octanol–water partition coefficient (Wildman–Crippen LogP) is 4.45. The number of H-pyrrole nitrogens is 1. The highest BCUT2D eigenvalue weighted by atomic mass is 35.5. The molecule has 0 fully saturated rings. The molecule has 0 saturated heterocycles. The van der Waals surface area contributed by atoms with E-state index in [-0.39, 0.29) is 11.9 Å². The lowest BCUT2D eigenvalue weighted by atomic mass is 10.1. The fraction of sp³-hybridized carbons (Fsp3) is 0.263. The number of rotatable bonds is 7. The van der Waals surface area contributed by atoms with E-state index in [0.717, 1.165) is 29.0 Å². The molecule has 3 rings (SSSR count). The molecule has 136 valence electrons. The van der Waals surface area contributed by atoms with Crippen molar-refractivity contribution in [3.8, 4) is 5.75 Å². The fourth-order valence-corrected chi connectivity index (χ4v) is 3.39. The number of aromatic nitrogens is 2. The molecule has 0 radical (unpaired) electrons. The van der Waals surface area contributed by atoms with Crippen LogP contribution in [0, 0.1) is 0 Å². The van der Waals surface area contributed by atoms with E-state index in [1.54, 1.807) is 30.0 Å². The van der Waals surface area contributed by atoms with Crippen LogP contribution >= 0.6 is 23.4 Å². The van der Waals surface area contributed by atoms with Crippen LogP contribution in [-0.2, 0) is 0 Å². The first kappa shape index (κ1) is 18.6. The van der Waals surface area contributed by atoms with Gasteiger partial charge >= 0.3 is 0 Å². The molecule has 1 amide bonds. The smallest absolute Gasteiger partial charge is 0.255 e. The summed E-state index contributed by atoms with van der Waals surface area (Å²) in [5.74, 6) is 1.89. The van der Waals surface area contributed by atoms with Crippen molar-refractivity contribution in [2.24, 2.45) is 0 Å². The number of nitrogens with one attached hydrogen (secondary N) is 2. The van der Waals surface area contributed by atoms with Crippen molar-refractivity contribution in [3.63, 3.8) is 0 Å². The number of para-hydroxylation sites is 2.